The molecular weight excluding hydrogens is 344 g/mol. The molecule has 0 saturated heterocycles. The number of aliphatic imine (C=N–C) groups is 1. The van der Waals surface area contributed by atoms with Crippen molar-refractivity contribution in [3.8, 4) is 11.5 Å². The molecule has 8 nitrogen and oxygen atoms in total. The topological polar surface area (TPSA) is 76.8 Å². The molecule has 0 atom stereocenters. The number of aromatic nitrogens is 3. The maximum absolute atomic E-state index is 5.49. The molecule has 0 amide bonds. The Bertz CT molecular complexity index is 801. The second kappa shape index (κ2) is 8.75. The normalized spacial score (nSPS) is 13.9. The van der Waals surface area contributed by atoms with Crippen LogP contribution in [0.15, 0.2) is 23.2 Å². The first-order valence-electron chi connectivity index (χ1n) is 9.20. The number of methoxy groups -OCH3 is 2. The van der Waals surface area contributed by atoms with Gasteiger partial charge in [0.05, 0.1) is 20.8 Å². The number of fused-ring (bicyclic) bond motifs is 1. The van der Waals surface area contributed by atoms with Crippen molar-refractivity contribution in [1.29, 1.82) is 0 Å². The van der Waals surface area contributed by atoms with Crippen LogP contribution in [0.2, 0.25) is 0 Å². The van der Waals surface area contributed by atoms with Gasteiger partial charge in [0.15, 0.2) is 11.8 Å². The van der Waals surface area contributed by atoms with Crippen LogP contribution in [-0.4, -0.2) is 53.9 Å². The van der Waals surface area contributed by atoms with Crippen molar-refractivity contribution < 1.29 is 9.47 Å². The summed E-state index contributed by atoms with van der Waals surface area (Å²) in [6, 6.07) is 5.84. The van der Waals surface area contributed by atoms with Crippen LogP contribution in [0.25, 0.3) is 0 Å². The summed E-state index contributed by atoms with van der Waals surface area (Å²) in [5.74, 6) is 4.41. The summed E-state index contributed by atoms with van der Waals surface area (Å²) in [5, 5.41) is 12.0. The lowest BCUT2D eigenvalue weighted by molar-refractivity contribution is 0.382. The highest BCUT2D eigenvalue weighted by Gasteiger charge is 2.17. The number of rotatable bonds is 6. The fraction of sp³-hybridized carbons (Fsp3) is 0.526. The molecule has 2 heterocycles. The van der Waals surface area contributed by atoms with E-state index in [1.54, 1.807) is 21.3 Å². The van der Waals surface area contributed by atoms with E-state index >= 15 is 0 Å². The van der Waals surface area contributed by atoms with Crippen molar-refractivity contribution in [2.24, 2.45) is 4.99 Å². The van der Waals surface area contributed by atoms with E-state index in [1.807, 2.05) is 25.2 Å². The van der Waals surface area contributed by atoms with Gasteiger partial charge in [0, 0.05) is 45.2 Å². The van der Waals surface area contributed by atoms with Gasteiger partial charge in [0.2, 0.25) is 0 Å². The van der Waals surface area contributed by atoms with Gasteiger partial charge in [0.1, 0.15) is 17.3 Å². The Labute approximate surface area is 160 Å². The van der Waals surface area contributed by atoms with E-state index in [0.717, 1.165) is 47.6 Å². The SMILES string of the molecule is CN=C(NCc1nnc2n1CCCC2)N(C)Cc1ccc(OC)cc1OC. The Hall–Kier alpha value is -2.77. The second-order valence-electron chi connectivity index (χ2n) is 6.58. The predicted molar refractivity (Wildman–Crippen MR) is 104 cm³/mol. The molecule has 0 spiro atoms. The Balaban J connectivity index is 1.65. The molecule has 0 fully saturated rings. The van der Waals surface area contributed by atoms with Crippen molar-refractivity contribution in [2.45, 2.75) is 38.9 Å². The number of hydrogen-bond donors (Lipinski definition) is 1. The quantitative estimate of drug-likeness (QED) is 0.616. The van der Waals surface area contributed by atoms with Crippen LogP contribution in [0.3, 0.4) is 0 Å². The lowest BCUT2D eigenvalue weighted by Crippen LogP contribution is -2.38. The average Bonchev–Trinajstić information content (AvgIpc) is 3.12. The van der Waals surface area contributed by atoms with Crippen LogP contribution in [0.5, 0.6) is 11.5 Å². The van der Waals surface area contributed by atoms with Gasteiger partial charge in [-0.05, 0) is 25.0 Å². The number of hydrogen-bond acceptors (Lipinski definition) is 5. The molecule has 27 heavy (non-hydrogen) atoms. The highest BCUT2D eigenvalue weighted by molar-refractivity contribution is 5.79. The third-order valence-electron chi connectivity index (χ3n) is 4.82. The van der Waals surface area contributed by atoms with E-state index in [4.69, 9.17) is 9.47 Å². The maximum atomic E-state index is 5.49. The molecular formula is C19H28N6O2. The summed E-state index contributed by atoms with van der Waals surface area (Å²) in [7, 11) is 7.09. The van der Waals surface area contributed by atoms with Gasteiger partial charge in [-0.25, -0.2) is 0 Å². The summed E-state index contributed by atoms with van der Waals surface area (Å²) in [6.45, 7) is 2.26. The average molecular weight is 372 g/mol. The number of ether oxygens (including phenoxy) is 2. The molecule has 1 aromatic heterocycles. The van der Waals surface area contributed by atoms with Crippen molar-refractivity contribution in [3.05, 3.63) is 35.4 Å². The lowest BCUT2D eigenvalue weighted by Gasteiger charge is -2.23. The predicted octanol–water partition coefficient (Wildman–Crippen LogP) is 1.84. The van der Waals surface area contributed by atoms with Crippen molar-refractivity contribution in [3.63, 3.8) is 0 Å². The first kappa shape index (κ1) is 19.0. The minimum atomic E-state index is 0.601. The Morgan fingerprint density at radius 3 is 2.85 bits per heavy atom. The van der Waals surface area contributed by atoms with Crippen LogP contribution in [0, 0.1) is 0 Å². The number of nitrogens with one attached hydrogen (secondary N) is 1. The molecule has 0 bridgehead atoms. The van der Waals surface area contributed by atoms with Crippen LogP contribution < -0.4 is 14.8 Å². The van der Waals surface area contributed by atoms with Crippen molar-refractivity contribution in [2.75, 3.05) is 28.3 Å². The van der Waals surface area contributed by atoms with E-state index < -0.39 is 0 Å². The first-order chi connectivity index (χ1) is 13.2. The summed E-state index contributed by atoms with van der Waals surface area (Å²) >= 11 is 0. The van der Waals surface area contributed by atoms with Crippen LogP contribution in [-0.2, 0) is 26.1 Å². The standard InChI is InChI=1S/C19H28N6O2/c1-20-19(21-12-18-23-22-17-7-5-6-10-25(17)18)24(2)13-14-8-9-15(26-3)11-16(14)27-4/h8-9,11H,5-7,10,12-13H2,1-4H3,(H,20,21). The third-order valence-corrected chi connectivity index (χ3v) is 4.82. The number of guanidine groups is 1. The van der Waals surface area contributed by atoms with E-state index in [-0.39, 0.29) is 0 Å². The molecule has 0 saturated carbocycles. The highest BCUT2D eigenvalue weighted by Crippen LogP contribution is 2.25. The lowest BCUT2D eigenvalue weighted by atomic mass is 10.1. The Morgan fingerprint density at radius 1 is 1.26 bits per heavy atom. The molecule has 2 aromatic rings. The first-order valence-corrected chi connectivity index (χ1v) is 9.20. The number of nitrogens with zero attached hydrogens (tertiary/aromatic N) is 5. The fourth-order valence-corrected chi connectivity index (χ4v) is 3.35. The maximum Gasteiger partial charge on any atom is 0.194 e. The zero-order valence-electron chi connectivity index (χ0n) is 16.5. The Morgan fingerprint density at radius 2 is 2.11 bits per heavy atom. The molecule has 1 aliphatic heterocycles. The van der Waals surface area contributed by atoms with Gasteiger partial charge in [-0.2, -0.15) is 0 Å². The molecule has 1 N–H and O–H groups in total. The summed E-state index contributed by atoms with van der Waals surface area (Å²) in [5.41, 5.74) is 1.06. The van der Waals surface area contributed by atoms with E-state index in [2.05, 4.69) is 30.0 Å². The number of aryl methyl sites for hydroxylation is 1. The zero-order valence-corrected chi connectivity index (χ0v) is 16.5. The number of benzene rings is 1. The van der Waals surface area contributed by atoms with Crippen LogP contribution in [0.4, 0.5) is 0 Å². The molecule has 1 aromatic carbocycles. The summed E-state index contributed by atoms with van der Waals surface area (Å²) in [6.07, 6.45) is 3.39. The van der Waals surface area contributed by atoms with Gasteiger partial charge in [-0.1, -0.05) is 0 Å². The Kier molecular flexibility index (Phi) is 6.16. The molecule has 1 aliphatic rings. The molecule has 0 aliphatic carbocycles. The molecule has 146 valence electrons. The zero-order chi connectivity index (χ0) is 19.2. The molecule has 0 radical (unpaired) electrons. The van der Waals surface area contributed by atoms with E-state index in [1.165, 1.54) is 12.8 Å². The van der Waals surface area contributed by atoms with Gasteiger partial charge in [-0.3, -0.25) is 4.99 Å². The third kappa shape index (κ3) is 4.32. The monoisotopic (exact) mass is 372 g/mol. The molecule has 3 rings (SSSR count). The van der Waals surface area contributed by atoms with Gasteiger partial charge in [0.25, 0.3) is 0 Å². The van der Waals surface area contributed by atoms with Crippen molar-refractivity contribution in [1.82, 2.24) is 25.0 Å². The van der Waals surface area contributed by atoms with Gasteiger partial charge in [-0.15, -0.1) is 10.2 Å². The molecule has 0 unspecified atom stereocenters. The smallest absolute Gasteiger partial charge is 0.194 e. The molecule has 8 heteroatoms. The van der Waals surface area contributed by atoms with Gasteiger partial charge >= 0.3 is 0 Å². The van der Waals surface area contributed by atoms with Crippen LogP contribution >= 0.6 is 0 Å². The van der Waals surface area contributed by atoms with E-state index in [0.29, 0.717) is 13.1 Å². The highest BCUT2D eigenvalue weighted by atomic mass is 16.5. The summed E-state index contributed by atoms with van der Waals surface area (Å²) < 4.78 is 13.0. The fourth-order valence-electron chi connectivity index (χ4n) is 3.35. The second-order valence-corrected chi connectivity index (χ2v) is 6.58. The minimum Gasteiger partial charge on any atom is -0.497 e. The minimum absolute atomic E-state index is 0.601. The van der Waals surface area contributed by atoms with Crippen molar-refractivity contribution >= 4 is 5.96 Å². The van der Waals surface area contributed by atoms with E-state index in [9.17, 15) is 0 Å². The largest absolute Gasteiger partial charge is 0.497 e. The summed E-state index contributed by atoms with van der Waals surface area (Å²) in [4.78, 5) is 6.45. The van der Waals surface area contributed by atoms with Gasteiger partial charge < -0.3 is 24.3 Å². The van der Waals surface area contributed by atoms with Crippen LogP contribution in [0.1, 0.15) is 30.1 Å².